The highest BCUT2D eigenvalue weighted by Gasteiger charge is 2.47. The van der Waals surface area contributed by atoms with Gasteiger partial charge < -0.3 is 20.4 Å². The molecule has 2 aliphatic heterocycles. The molecule has 2 atom stereocenters. The molecule has 2 heterocycles. The maximum Gasteiger partial charge on any atom is 0.329 e. The summed E-state index contributed by atoms with van der Waals surface area (Å²) in [5, 5.41) is 22.2. The van der Waals surface area contributed by atoms with Crippen LogP contribution in [0.5, 0.6) is 0 Å². The first-order valence-electron chi connectivity index (χ1n) is 8.04. The number of carboxylic acid groups (broad SMARTS) is 1. The Hall–Kier alpha value is -1.30. The molecule has 2 unspecified atom stereocenters. The number of nitrogens with one attached hydrogen (secondary N) is 1. The lowest BCUT2D eigenvalue weighted by Crippen LogP contribution is -2.61. The molecule has 118 valence electrons. The summed E-state index contributed by atoms with van der Waals surface area (Å²) in [5.74, 6) is -0.917. The zero-order chi connectivity index (χ0) is 15.0. The Bertz CT molecular complexity index is 419. The molecule has 0 spiro atoms. The van der Waals surface area contributed by atoms with E-state index in [1.807, 2.05) is 0 Å². The van der Waals surface area contributed by atoms with Gasteiger partial charge in [-0.15, -0.1) is 0 Å². The number of hydrogen-bond acceptors (Lipinski definition) is 3. The normalized spacial score (nSPS) is 34.5. The van der Waals surface area contributed by atoms with Gasteiger partial charge in [0.25, 0.3) is 0 Å². The van der Waals surface area contributed by atoms with Crippen molar-refractivity contribution >= 4 is 12.0 Å². The van der Waals surface area contributed by atoms with Crippen LogP contribution < -0.4 is 5.32 Å². The van der Waals surface area contributed by atoms with Crippen molar-refractivity contribution < 1.29 is 19.8 Å². The molecular weight excluding hydrogens is 272 g/mol. The van der Waals surface area contributed by atoms with E-state index in [1.54, 1.807) is 4.90 Å². The van der Waals surface area contributed by atoms with Gasteiger partial charge >= 0.3 is 12.0 Å². The number of hydrogen-bond donors (Lipinski definition) is 3. The standard InChI is InChI=1S/C15H24N2O4/c18-12-8-10-4-5-11(9-12)17(10)14(21)16-15(13(19)20)6-2-1-3-7-15/h10-12,18H,1-9H2,(H,16,21)(H,19,20). The van der Waals surface area contributed by atoms with Gasteiger partial charge in [-0.3, -0.25) is 0 Å². The number of aliphatic carboxylic acids is 1. The van der Waals surface area contributed by atoms with Gasteiger partial charge in [0.05, 0.1) is 6.10 Å². The molecule has 2 saturated heterocycles. The first kappa shape index (κ1) is 14.6. The minimum atomic E-state index is -1.09. The van der Waals surface area contributed by atoms with Crippen molar-refractivity contribution in [2.45, 2.75) is 81.5 Å². The third-order valence-corrected chi connectivity index (χ3v) is 5.41. The predicted molar refractivity (Wildman–Crippen MR) is 75.9 cm³/mol. The second-order valence-corrected chi connectivity index (χ2v) is 6.80. The van der Waals surface area contributed by atoms with Gasteiger partial charge in [0.15, 0.2) is 0 Å². The fraction of sp³-hybridized carbons (Fsp3) is 0.867. The lowest BCUT2D eigenvalue weighted by molar-refractivity contribution is -0.146. The van der Waals surface area contributed by atoms with Crippen LogP contribution in [0.25, 0.3) is 0 Å². The van der Waals surface area contributed by atoms with Crippen LogP contribution in [0, 0.1) is 0 Å². The monoisotopic (exact) mass is 296 g/mol. The van der Waals surface area contributed by atoms with Gasteiger partial charge in [-0.05, 0) is 38.5 Å². The minimum absolute atomic E-state index is 0.0631. The van der Waals surface area contributed by atoms with Gasteiger partial charge in [-0.1, -0.05) is 19.3 Å². The van der Waals surface area contributed by atoms with Crippen LogP contribution in [-0.2, 0) is 4.79 Å². The van der Waals surface area contributed by atoms with Crippen LogP contribution in [0.1, 0.15) is 57.8 Å². The maximum atomic E-state index is 12.6. The highest BCUT2D eigenvalue weighted by atomic mass is 16.4. The zero-order valence-electron chi connectivity index (χ0n) is 12.3. The third-order valence-electron chi connectivity index (χ3n) is 5.41. The van der Waals surface area contributed by atoms with Crippen LogP contribution >= 0.6 is 0 Å². The Labute approximate surface area is 124 Å². The number of amides is 2. The molecule has 2 amide bonds. The van der Waals surface area contributed by atoms with Crippen LogP contribution in [-0.4, -0.2) is 50.8 Å². The van der Waals surface area contributed by atoms with Crippen molar-refractivity contribution in [1.29, 1.82) is 0 Å². The van der Waals surface area contributed by atoms with Crippen molar-refractivity contribution in [2.24, 2.45) is 0 Å². The minimum Gasteiger partial charge on any atom is -0.480 e. The Morgan fingerprint density at radius 1 is 1.05 bits per heavy atom. The molecular formula is C15H24N2O4. The molecule has 3 rings (SSSR count). The summed E-state index contributed by atoms with van der Waals surface area (Å²) in [6.07, 6.45) is 6.48. The third kappa shape index (κ3) is 2.61. The topological polar surface area (TPSA) is 89.9 Å². The Morgan fingerprint density at radius 2 is 1.62 bits per heavy atom. The predicted octanol–water partition coefficient (Wildman–Crippen LogP) is 1.47. The SMILES string of the molecule is O=C(NC1(C(=O)O)CCCCC1)N1C2CCC1CC(O)C2. The van der Waals surface area contributed by atoms with Crippen molar-refractivity contribution in [3.63, 3.8) is 0 Å². The second-order valence-electron chi connectivity index (χ2n) is 6.80. The number of aliphatic hydroxyl groups excluding tert-OH is 1. The van der Waals surface area contributed by atoms with Gasteiger partial charge in [-0.2, -0.15) is 0 Å². The summed E-state index contributed by atoms with van der Waals surface area (Å²) < 4.78 is 0. The van der Waals surface area contributed by atoms with Crippen LogP contribution in [0.3, 0.4) is 0 Å². The first-order valence-corrected chi connectivity index (χ1v) is 8.04. The average Bonchev–Trinajstić information content (AvgIpc) is 2.72. The number of carboxylic acids is 1. The number of piperidine rings is 1. The number of carbonyl (C=O) groups is 2. The molecule has 3 aliphatic rings. The summed E-state index contributed by atoms with van der Waals surface area (Å²) in [7, 11) is 0. The van der Waals surface area contributed by atoms with Crippen LogP contribution in [0.4, 0.5) is 4.79 Å². The quantitative estimate of drug-likeness (QED) is 0.720. The molecule has 0 aromatic carbocycles. The maximum absolute atomic E-state index is 12.6. The Balaban J connectivity index is 1.72. The summed E-state index contributed by atoms with van der Waals surface area (Å²) in [5.41, 5.74) is -1.09. The second kappa shape index (κ2) is 5.48. The summed E-state index contributed by atoms with van der Waals surface area (Å²) >= 11 is 0. The average molecular weight is 296 g/mol. The molecule has 0 aromatic rings. The molecule has 6 heteroatoms. The van der Waals surface area contributed by atoms with Crippen molar-refractivity contribution in [3.05, 3.63) is 0 Å². The van der Waals surface area contributed by atoms with Crippen molar-refractivity contribution in [3.8, 4) is 0 Å². The van der Waals surface area contributed by atoms with E-state index in [0.29, 0.717) is 25.7 Å². The van der Waals surface area contributed by atoms with Crippen molar-refractivity contribution in [2.75, 3.05) is 0 Å². The lowest BCUT2D eigenvalue weighted by Gasteiger charge is -2.41. The molecule has 2 bridgehead atoms. The van der Waals surface area contributed by atoms with Crippen LogP contribution in [0.2, 0.25) is 0 Å². The fourth-order valence-electron chi connectivity index (χ4n) is 4.30. The van der Waals surface area contributed by atoms with Crippen molar-refractivity contribution in [1.82, 2.24) is 10.2 Å². The number of urea groups is 1. The molecule has 3 fully saturated rings. The van der Waals surface area contributed by atoms with Gasteiger partial charge in [0.2, 0.25) is 0 Å². The van der Waals surface area contributed by atoms with Gasteiger partial charge in [0, 0.05) is 12.1 Å². The largest absolute Gasteiger partial charge is 0.480 e. The summed E-state index contributed by atoms with van der Waals surface area (Å²) in [6, 6.07) is -0.125. The van der Waals surface area contributed by atoms with Crippen LogP contribution in [0.15, 0.2) is 0 Å². The summed E-state index contributed by atoms with van der Waals surface area (Å²) in [4.78, 5) is 26.1. The number of nitrogens with zero attached hydrogens (tertiary/aromatic N) is 1. The molecule has 21 heavy (non-hydrogen) atoms. The van der Waals surface area contributed by atoms with E-state index in [1.165, 1.54) is 0 Å². The smallest absolute Gasteiger partial charge is 0.329 e. The van der Waals surface area contributed by atoms with E-state index in [9.17, 15) is 19.8 Å². The first-order chi connectivity index (χ1) is 10.0. The fourth-order valence-corrected chi connectivity index (χ4v) is 4.30. The molecule has 0 aromatic heterocycles. The van der Waals surface area contributed by atoms with Gasteiger partial charge in [0.1, 0.15) is 5.54 Å². The van der Waals surface area contributed by atoms with E-state index < -0.39 is 11.5 Å². The number of fused-ring (bicyclic) bond motifs is 2. The molecule has 6 nitrogen and oxygen atoms in total. The lowest BCUT2D eigenvalue weighted by atomic mass is 9.81. The highest BCUT2D eigenvalue weighted by Crippen LogP contribution is 2.36. The van der Waals surface area contributed by atoms with E-state index in [4.69, 9.17) is 0 Å². The summed E-state index contributed by atoms with van der Waals surface area (Å²) in [6.45, 7) is 0. The molecule has 1 aliphatic carbocycles. The number of rotatable bonds is 2. The number of carbonyl (C=O) groups excluding carboxylic acids is 1. The molecule has 0 radical (unpaired) electrons. The van der Waals surface area contributed by atoms with E-state index in [2.05, 4.69) is 5.32 Å². The molecule has 1 saturated carbocycles. The van der Waals surface area contributed by atoms with E-state index in [-0.39, 0.29) is 24.2 Å². The Kier molecular flexibility index (Phi) is 3.82. The van der Waals surface area contributed by atoms with E-state index in [0.717, 1.165) is 32.1 Å². The molecule has 3 N–H and O–H groups in total. The zero-order valence-corrected chi connectivity index (χ0v) is 12.3. The highest BCUT2D eigenvalue weighted by molar-refractivity contribution is 5.86. The number of aliphatic hydroxyl groups is 1. The van der Waals surface area contributed by atoms with E-state index >= 15 is 0 Å². The Morgan fingerprint density at radius 3 is 2.14 bits per heavy atom. The van der Waals surface area contributed by atoms with Gasteiger partial charge in [-0.25, -0.2) is 9.59 Å².